The monoisotopic (exact) mass is 369 g/mol. The van der Waals surface area contributed by atoms with E-state index in [1.165, 1.54) is 6.07 Å². The Balaban J connectivity index is 2.43. The minimum Gasteiger partial charge on any atom is -0.392 e. The molecule has 2 aromatic rings. The molecule has 0 unspecified atom stereocenters. The van der Waals surface area contributed by atoms with Gasteiger partial charge in [-0.2, -0.15) is 0 Å². The maximum absolute atomic E-state index is 12.5. The number of anilines is 1. The van der Waals surface area contributed by atoms with Crippen LogP contribution in [0.2, 0.25) is 0 Å². The molecule has 0 amide bonds. The van der Waals surface area contributed by atoms with E-state index in [0.29, 0.717) is 21.3 Å². The first-order chi connectivity index (χ1) is 9.85. The summed E-state index contributed by atoms with van der Waals surface area (Å²) < 4.78 is 28.3. The van der Waals surface area contributed by atoms with Crippen LogP contribution in [0.1, 0.15) is 16.7 Å². The third kappa shape index (κ3) is 3.45. The molecular formula is C15H16BrNO3S. The first-order valence-corrected chi connectivity index (χ1v) is 8.61. The van der Waals surface area contributed by atoms with E-state index in [1.807, 2.05) is 19.1 Å². The summed E-state index contributed by atoms with van der Waals surface area (Å²) in [5.74, 6) is 0. The second-order valence-electron chi connectivity index (χ2n) is 4.79. The number of rotatable bonds is 4. The normalized spacial score (nSPS) is 11.4. The van der Waals surface area contributed by atoms with Crippen LogP contribution in [0.4, 0.5) is 5.69 Å². The van der Waals surface area contributed by atoms with E-state index in [0.717, 1.165) is 5.56 Å². The number of hydrogen-bond donors (Lipinski definition) is 2. The lowest BCUT2D eigenvalue weighted by atomic mass is 10.1. The molecule has 2 rings (SSSR count). The van der Waals surface area contributed by atoms with Crippen LogP contribution in [0.3, 0.4) is 0 Å². The van der Waals surface area contributed by atoms with Gasteiger partial charge in [-0.3, -0.25) is 4.72 Å². The molecule has 6 heteroatoms. The molecule has 112 valence electrons. The van der Waals surface area contributed by atoms with Crippen molar-refractivity contribution < 1.29 is 13.5 Å². The summed E-state index contributed by atoms with van der Waals surface area (Å²) in [5, 5.41) is 9.25. The maximum atomic E-state index is 12.5. The second-order valence-corrected chi connectivity index (χ2v) is 7.29. The lowest BCUT2D eigenvalue weighted by Crippen LogP contribution is -2.15. The summed E-state index contributed by atoms with van der Waals surface area (Å²) in [7, 11) is -3.70. The fourth-order valence-corrected chi connectivity index (χ4v) is 4.12. The molecule has 0 heterocycles. The van der Waals surface area contributed by atoms with Gasteiger partial charge >= 0.3 is 0 Å². The Morgan fingerprint density at radius 2 is 1.90 bits per heavy atom. The lowest BCUT2D eigenvalue weighted by molar-refractivity contribution is 0.280. The minimum atomic E-state index is -3.70. The Hall–Kier alpha value is -1.37. The highest BCUT2D eigenvalue weighted by molar-refractivity contribution is 9.10. The van der Waals surface area contributed by atoms with Gasteiger partial charge in [0.2, 0.25) is 0 Å². The molecule has 0 bridgehead atoms. The molecule has 0 fully saturated rings. The highest BCUT2D eigenvalue weighted by Gasteiger charge is 2.19. The molecule has 4 nitrogen and oxygen atoms in total. The van der Waals surface area contributed by atoms with Gasteiger partial charge < -0.3 is 5.11 Å². The highest BCUT2D eigenvalue weighted by Crippen LogP contribution is 2.27. The second kappa shape index (κ2) is 6.17. The average molecular weight is 370 g/mol. The van der Waals surface area contributed by atoms with Gasteiger partial charge in [0, 0.05) is 4.47 Å². The third-order valence-corrected chi connectivity index (χ3v) is 5.39. The van der Waals surface area contributed by atoms with Crippen molar-refractivity contribution in [1.29, 1.82) is 0 Å². The first kappa shape index (κ1) is 16.0. The van der Waals surface area contributed by atoms with Gasteiger partial charge in [-0.25, -0.2) is 8.42 Å². The molecule has 0 radical (unpaired) electrons. The number of aliphatic hydroxyl groups excluding tert-OH is 1. The minimum absolute atomic E-state index is 0.168. The number of nitrogens with one attached hydrogen (secondary N) is 1. The van der Waals surface area contributed by atoms with Crippen LogP contribution in [0.15, 0.2) is 45.8 Å². The Kier molecular flexibility index (Phi) is 4.70. The predicted octanol–water partition coefficient (Wildman–Crippen LogP) is 3.36. The number of aryl methyl sites for hydroxylation is 1. The number of aliphatic hydroxyl groups is 1. The Morgan fingerprint density at radius 3 is 2.52 bits per heavy atom. The number of sulfonamides is 1. The van der Waals surface area contributed by atoms with E-state index >= 15 is 0 Å². The molecule has 0 spiro atoms. The van der Waals surface area contributed by atoms with Crippen molar-refractivity contribution in [1.82, 2.24) is 0 Å². The predicted molar refractivity (Wildman–Crippen MR) is 86.8 cm³/mol. The zero-order valence-electron chi connectivity index (χ0n) is 11.7. The fourth-order valence-electron chi connectivity index (χ4n) is 2.02. The van der Waals surface area contributed by atoms with Crippen LogP contribution in [0.25, 0.3) is 0 Å². The maximum Gasteiger partial charge on any atom is 0.262 e. The van der Waals surface area contributed by atoms with Crippen molar-refractivity contribution in [2.24, 2.45) is 0 Å². The summed E-state index contributed by atoms with van der Waals surface area (Å²) >= 11 is 3.35. The Labute approximate surface area is 133 Å². The van der Waals surface area contributed by atoms with Crippen molar-refractivity contribution in [3.8, 4) is 0 Å². The highest BCUT2D eigenvalue weighted by atomic mass is 79.9. The van der Waals surface area contributed by atoms with E-state index in [2.05, 4.69) is 20.7 Å². The van der Waals surface area contributed by atoms with Crippen LogP contribution < -0.4 is 4.72 Å². The van der Waals surface area contributed by atoms with Crippen LogP contribution in [-0.2, 0) is 16.6 Å². The zero-order chi connectivity index (χ0) is 15.6. The van der Waals surface area contributed by atoms with Crippen LogP contribution >= 0.6 is 15.9 Å². The molecule has 0 aliphatic heterocycles. The fraction of sp³-hybridized carbons (Fsp3) is 0.200. The number of hydrogen-bond acceptors (Lipinski definition) is 3. The summed E-state index contributed by atoms with van der Waals surface area (Å²) in [6.45, 7) is 3.42. The molecule has 0 atom stereocenters. The molecule has 0 aromatic heterocycles. The van der Waals surface area contributed by atoms with Gasteiger partial charge in [0.25, 0.3) is 10.0 Å². The van der Waals surface area contributed by atoms with Crippen molar-refractivity contribution in [3.05, 3.63) is 57.6 Å². The quantitative estimate of drug-likeness (QED) is 0.867. The van der Waals surface area contributed by atoms with Crippen molar-refractivity contribution in [3.63, 3.8) is 0 Å². The smallest absolute Gasteiger partial charge is 0.262 e. The molecule has 21 heavy (non-hydrogen) atoms. The van der Waals surface area contributed by atoms with Crippen molar-refractivity contribution in [2.45, 2.75) is 25.3 Å². The first-order valence-electron chi connectivity index (χ1n) is 6.33. The molecular weight excluding hydrogens is 354 g/mol. The average Bonchev–Trinajstić information content (AvgIpc) is 2.42. The molecule has 0 saturated heterocycles. The van der Waals surface area contributed by atoms with E-state index in [-0.39, 0.29) is 11.5 Å². The molecule has 0 aliphatic rings. The van der Waals surface area contributed by atoms with Gasteiger partial charge in [-0.15, -0.1) is 0 Å². The van der Waals surface area contributed by atoms with Crippen LogP contribution in [0, 0.1) is 13.8 Å². The SMILES string of the molecule is Cc1ccc(NS(=O)(=O)c2cccc(CO)c2C)c(Br)c1. The molecule has 0 saturated carbocycles. The topological polar surface area (TPSA) is 66.4 Å². The summed E-state index contributed by atoms with van der Waals surface area (Å²) in [6, 6.07) is 10.2. The van der Waals surface area contributed by atoms with Gasteiger partial charge in [-0.1, -0.05) is 18.2 Å². The van der Waals surface area contributed by atoms with Gasteiger partial charge in [-0.05, 0) is 64.7 Å². The summed E-state index contributed by atoms with van der Waals surface area (Å²) in [6.07, 6.45) is 0. The number of benzene rings is 2. The summed E-state index contributed by atoms with van der Waals surface area (Å²) in [5.41, 5.74) is 2.66. The van der Waals surface area contributed by atoms with Crippen molar-refractivity contribution >= 4 is 31.6 Å². The standard InChI is InChI=1S/C15H16BrNO3S/c1-10-6-7-14(13(16)8-10)17-21(19,20)15-5-3-4-12(9-18)11(15)2/h3-8,17-18H,9H2,1-2H3. The van der Waals surface area contributed by atoms with E-state index in [1.54, 1.807) is 25.1 Å². The Bertz CT molecular complexity index is 772. The van der Waals surface area contributed by atoms with Crippen LogP contribution in [0.5, 0.6) is 0 Å². The van der Waals surface area contributed by atoms with E-state index in [9.17, 15) is 13.5 Å². The third-order valence-electron chi connectivity index (χ3n) is 3.23. The molecule has 0 aliphatic carbocycles. The number of halogens is 1. The largest absolute Gasteiger partial charge is 0.392 e. The summed E-state index contributed by atoms with van der Waals surface area (Å²) in [4.78, 5) is 0.168. The molecule has 2 N–H and O–H groups in total. The van der Waals surface area contributed by atoms with E-state index < -0.39 is 10.0 Å². The zero-order valence-corrected chi connectivity index (χ0v) is 14.1. The van der Waals surface area contributed by atoms with Crippen LogP contribution in [-0.4, -0.2) is 13.5 Å². The van der Waals surface area contributed by atoms with Gasteiger partial charge in [0.05, 0.1) is 17.2 Å². The van der Waals surface area contributed by atoms with Gasteiger partial charge in [0.15, 0.2) is 0 Å². The molecule has 2 aromatic carbocycles. The Morgan fingerprint density at radius 1 is 1.19 bits per heavy atom. The van der Waals surface area contributed by atoms with Crippen molar-refractivity contribution in [2.75, 3.05) is 4.72 Å². The van der Waals surface area contributed by atoms with Gasteiger partial charge in [0.1, 0.15) is 0 Å². The van der Waals surface area contributed by atoms with E-state index in [4.69, 9.17) is 0 Å². The lowest BCUT2D eigenvalue weighted by Gasteiger charge is -2.13.